The highest BCUT2D eigenvalue weighted by atomic mass is 19.1. The Labute approximate surface area is 201 Å². The van der Waals surface area contributed by atoms with Crippen LogP contribution in [0.5, 0.6) is 0 Å². The number of amides is 2. The van der Waals surface area contributed by atoms with Gasteiger partial charge in [0.1, 0.15) is 5.82 Å². The highest BCUT2D eigenvalue weighted by Crippen LogP contribution is 2.30. The average Bonchev–Trinajstić information content (AvgIpc) is 3.34. The maximum atomic E-state index is 14.7. The van der Waals surface area contributed by atoms with Gasteiger partial charge in [0.05, 0.1) is 30.6 Å². The molecule has 180 valence electrons. The molecule has 3 aromatic rings. The van der Waals surface area contributed by atoms with Crippen LogP contribution in [0.4, 0.5) is 10.1 Å². The summed E-state index contributed by atoms with van der Waals surface area (Å²) in [6, 6.07) is 11.3. The molecule has 2 atom stereocenters. The third-order valence-electron chi connectivity index (χ3n) is 6.72. The van der Waals surface area contributed by atoms with Gasteiger partial charge in [-0.15, -0.1) is 0 Å². The molecule has 2 amide bonds. The van der Waals surface area contributed by atoms with E-state index in [-0.39, 0.29) is 17.4 Å². The molecule has 2 aromatic carbocycles. The first-order valence-corrected chi connectivity index (χ1v) is 11.8. The fourth-order valence-electron chi connectivity index (χ4n) is 4.81. The number of nitrogens with zero attached hydrogens (tertiary/aromatic N) is 1. The molecule has 0 radical (unpaired) electrons. The van der Waals surface area contributed by atoms with E-state index < -0.39 is 23.4 Å². The van der Waals surface area contributed by atoms with Gasteiger partial charge in [-0.05, 0) is 37.1 Å². The summed E-state index contributed by atoms with van der Waals surface area (Å²) in [4.78, 5) is 44.3. The van der Waals surface area contributed by atoms with Crippen LogP contribution in [0.15, 0.2) is 60.8 Å². The third-order valence-corrected chi connectivity index (χ3v) is 6.72. The van der Waals surface area contributed by atoms with Gasteiger partial charge in [-0.1, -0.05) is 30.4 Å². The average molecular weight is 476 g/mol. The zero-order valence-corrected chi connectivity index (χ0v) is 19.1. The van der Waals surface area contributed by atoms with Crippen LogP contribution in [-0.2, 0) is 14.3 Å². The monoisotopic (exact) mass is 475 g/mol. The van der Waals surface area contributed by atoms with Crippen LogP contribution in [0.1, 0.15) is 28.8 Å². The SMILES string of the molecule is O=C(c1cc(NC(=O)C2CC=CCC2C(=O)N2CCOCC2)ccc1F)c1c[nH]c2ccccc12. The van der Waals surface area contributed by atoms with Crippen molar-refractivity contribution in [2.75, 3.05) is 31.6 Å². The Balaban J connectivity index is 1.35. The molecular weight excluding hydrogens is 449 g/mol. The van der Waals surface area contributed by atoms with Gasteiger partial charge in [0.25, 0.3) is 0 Å². The molecule has 0 saturated carbocycles. The Hall–Kier alpha value is -3.78. The summed E-state index contributed by atoms with van der Waals surface area (Å²) >= 11 is 0. The molecule has 2 N–H and O–H groups in total. The molecule has 1 aliphatic carbocycles. The first-order chi connectivity index (χ1) is 17.0. The second-order valence-electron chi connectivity index (χ2n) is 8.85. The number of H-pyrrole nitrogens is 1. The number of allylic oxidation sites excluding steroid dienone is 2. The highest BCUT2D eigenvalue weighted by Gasteiger charge is 2.37. The third kappa shape index (κ3) is 4.61. The number of hydrogen-bond donors (Lipinski definition) is 2. The molecule has 2 unspecified atom stereocenters. The van der Waals surface area contributed by atoms with Crippen molar-refractivity contribution in [2.24, 2.45) is 11.8 Å². The second kappa shape index (κ2) is 9.84. The van der Waals surface area contributed by atoms with E-state index in [0.29, 0.717) is 55.8 Å². The van der Waals surface area contributed by atoms with E-state index in [0.717, 1.165) is 5.52 Å². The van der Waals surface area contributed by atoms with Crippen LogP contribution in [-0.4, -0.2) is 53.8 Å². The number of anilines is 1. The number of fused-ring (bicyclic) bond motifs is 1. The van der Waals surface area contributed by atoms with E-state index >= 15 is 0 Å². The Morgan fingerprint density at radius 1 is 0.971 bits per heavy atom. The lowest BCUT2D eigenvalue weighted by atomic mass is 9.81. The lowest BCUT2D eigenvalue weighted by Gasteiger charge is -2.34. The van der Waals surface area contributed by atoms with Crippen LogP contribution < -0.4 is 5.32 Å². The van der Waals surface area contributed by atoms with Gasteiger partial charge < -0.3 is 19.9 Å². The minimum Gasteiger partial charge on any atom is -0.378 e. The molecule has 0 spiro atoms. The van der Waals surface area contributed by atoms with Gasteiger partial charge in [-0.25, -0.2) is 4.39 Å². The number of hydrogen-bond acceptors (Lipinski definition) is 4. The molecule has 2 heterocycles. The summed E-state index contributed by atoms with van der Waals surface area (Å²) in [5.74, 6) is -2.53. The topological polar surface area (TPSA) is 91.5 Å². The van der Waals surface area contributed by atoms with Crippen LogP contribution in [0.2, 0.25) is 0 Å². The molecule has 1 fully saturated rings. The number of morpholine rings is 1. The van der Waals surface area contributed by atoms with Crippen molar-refractivity contribution in [3.63, 3.8) is 0 Å². The number of ketones is 1. The first-order valence-electron chi connectivity index (χ1n) is 11.8. The summed E-state index contributed by atoms with van der Waals surface area (Å²) in [6.45, 7) is 2.03. The Morgan fingerprint density at radius 2 is 1.71 bits per heavy atom. The number of carbonyl (C=O) groups is 3. The van der Waals surface area contributed by atoms with Gasteiger partial charge in [0.15, 0.2) is 5.78 Å². The Morgan fingerprint density at radius 3 is 2.51 bits per heavy atom. The first kappa shape index (κ1) is 23.0. The minimum absolute atomic E-state index is 0.0490. The molecule has 1 saturated heterocycles. The van der Waals surface area contributed by atoms with E-state index in [2.05, 4.69) is 10.3 Å². The molecule has 2 aliphatic rings. The summed E-state index contributed by atoms with van der Waals surface area (Å²) in [5.41, 5.74) is 1.32. The summed E-state index contributed by atoms with van der Waals surface area (Å²) in [5, 5.41) is 3.51. The number of aromatic nitrogens is 1. The lowest BCUT2D eigenvalue weighted by molar-refractivity contribution is -0.144. The second-order valence-corrected chi connectivity index (χ2v) is 8.85. The van der Waals surface area contributed by atoms with Crippen molar-refractivity contribution in [2.45, 2.75) is 12.8 Å². The van der Waals surface area contributed by atoms with Gasteiger partial charge in [0.2, 0.25) is 11.8 Å². The zero-order valence-electron chi connectivity index (χ0n) is 19.1. The highest BCUT2D eigenvalue weighted by molar-refractivity contribution is 6.17. The Kier molecular flexibility index (Phi) is 6.46. The van der Waals surface area contributed by atoms with Gasteiger partial charge in [-0.2, -0.15) is 0 Å². The van der Waals surface area contributed by atoms with E-state index in [1.54, 1.807) is 17.2 Å². The number of rotatable bonds is 5. The van der Waals surface area contributed by atoms with Gasteiger partial charge >= 0.3 is 0 Å². The summed E-state index contributed by atoms with van der Waals surface area (Å²) in [6.07, 6.45) is 6.33. The lowest BCUT2D eigenvalue weighted by Crippen LogP contribution is -2.47. The van der Waals surface area contributed by atoms with E-state index in [1.807, 2.05) is 30.4 Å². The number of halogens is 1. The molecular formula is C27H26FN3O4. The molecule has 1 aliphatic heterocycles. The molecule has 35 heavy (non-hydrogen) atoms. The minimum atomic E-state index is -0.667. The maximum absolute atomic E-state index is 14.7. The maximum Gasteiger partial charge on any atom is 0.228 e. The number of para-hydroxylation sites is 1. The molecule has 1 aromatic heterocycles. The van der Waals surface area contributed by atoms with Crippen LogP contribution in [0.25, 0.3) is 10.9 Å². The van der Waals surface area contributed by atoms with Crippen molar-refractivity contribution >= 4 is 34.2 Å². The number of nitrogens with one attached hydrogen (secondary N) is 2. The predicted octanol–water partition coefficient (Wildman–Crippen LogP) is 3.92. The van der Waals surface area contributed by atoms with Crippen LogP contribution in [0.3, 0.4) is 0 Å². The quantitative estimate of drug-likeness (QED) is 0.432. The summed E-state index contributed by atoms with van der Waals surface area (Å²) < 4.78 is 20.0. The zero-order chi connectivity index (χ0) is 24.4. The molecule has 0 bridgehead atoms. The van der Waals surface area contributed by atoms with Crippen LogP contribution >= 0.6 is 0 Å². The smallest absolute Gasteiger partial charge is 0.228 e. The van der Waals surface area contributed by atoms with E-state index in [4.69, 9.17) is 4.74 Å². The van der Waals surface area contributed by atoms with Crippen molar-refractivity contribution in [1.29, 1.82) is 0 Å². The van der Waals surface area contributed by atoms with Gasteiger partial charge in [-0.3, -0.25) is 14.4 Å². The standard InChI is InChI=1S/C27H26FN3O4/c28-23-10-9-17(15-21(23)25(32)22-16-29-24-8-4-3-5-18(22)24)30-26(33)19-6-1-2-7-20(19)27(34)31-11-13-35-14-12-31/h1-5,8-10,15-16,19-20,29H,6-7,11-14H2,(H,30,33). The molecule has 8 heteroatoms. The predicted molar refractivity (Wildman–Crippen MR) is 130 cm³/mol. The fraction of sp³-hybridized carbons (Fsp3) is 0.296. The van der Waals surface area contributed by atoms with Crippen molar-refractivity contribution in [3.05, 3.63) is 77.8 Å². The van der Waals surface area contributed by atoms with E-state index in [1.165, 1.54) is 18.2 Å². The van der Waals surface area contributed by atoms with Crippen molar-refractivity contribution in [3.8, 4) is 0 Å². The van der Waals surface area contributed by atoms with Crippen molar-refractivity contribution in [1.82, 2.24) is 9.88 Å². The normalized spacial score (nSPS) is 20.1. The molecule has 7 nitrogen and oxygen atoms in total. The number of ether oxygens (including phenoxy) is 1. The fourth-order valence-corrected chi connectivity index (χ4v) is 4.81. The van der Waals surface area contributed by atoms with Gasteiger partial charge in [0, 0.05) is 41.4 Å². The van der Waals surface area contributed by atoms with Crippen molar-refractivity contribution < 1.29 is 23.5 Å². The summed E-state index contributed by atoms with van der Waals surface area (Å²) in [7, 11) is 0. The number of aromatic amines is 1. The van der Waals surface area contributed by atoms with Crippen LogP contribution in [0, 0.1) is 17.7 Å². The number of carbonyl (C=O) groups excluding carboxylic acids is 3. The largest absolute Gasteiger partial charge is 0.378 e. The Bertz CT molecular complexity index is 1310. The number of benzene rings is 2. The molecule has 5 rings (SSSR count). The van der Waals surface area contributed by atoms with E-state index in [9.17, 15) is 18.8 Å².